The molecule has 0 bridgehead atoms. The summed E-state index contributed by atoms with van der Waals surface area (Å²) in [5.74, 6) is 0.160. The van der Waals surface area contributed by atoms with Crippen molar-refractivity contribution in [3.63, 3.8) is 0 Å². The second-order valence-electron chi connectivity index (χ2n) is 7.42. The summed E-state index contributed by atoms with van der Waals surface area (Å²) in [6, 6.07) is 9.58. The SMILES string of the molecule is CC(C)(C(N)=O)N1CCN(c2nc3c(cnn3-c3ccccc3)c(=O)[nH]2)CC1. The molecular formula is C19H23N7O2. The maximum Gasteiger partial charge on any atom is 0.263 e. The van der Waals surface area contributed by atoms with Gasteiger partial charge in [0.05, 0.1) is 17.4 Å². The number of para-hydroxylation sites is 1. The van der Waals surface area contributed by atoms with Crippen LogP contribution in [0.15, 0.2) is 41.3 Å². The van der Waals surface area contributed by atoms with Crippen LogP contribution < -0.4 is 16.2 Å². The van der Waals surface area contributed by atoms with E-state index in [0.717, 1.165) is 5.69 Å². The lowest BCUT2D eigenvalue weighted by molar-refractivity contribution is -0.128. The Bertz CT molecular complexity index is 1060. The van der Waals surface area contributed by atoms with E-state index in [-0.39, 0.29) is 11.5 Å². The number of aromatic nitrogens is 4. The molecule has 1 aliphatic heterocycles. The molecule has 1 fully saturated rings. The van der Waals surface area contributed by atoms with Crippen molar-refractivity contribution < 1.29 is 4.79 Å². The highest BCUT2D eigenvalue weighted by molar-refractivity contribution is 5.83. The first-order valence-electron chi connectivity index (χ1n) is 9.21. The molecule has 9 heteroatoms. The smallest absolute Gasteiger partial charge is 0.263 e. The number of nitrogens with one attached hydrogen (secondary N) is 1. The van der Waals surface area contributed by atoms with Crippen LogP contribution in [0.2, 0.25) is 0 Å². The van der Waals surface area contributed by atoms with Gasteiger partial charge in [-0.05, 0) is 26.0 Å². The Hall–Kier alpha value is -3.20. The number of nitrogens with two attached hydrogens (primary N) is 1. The molecule has 28 heavy (non-hydrogen) atoms. The number of piperazine rings is 1. The molecule has 2 aromatic heterocycles. The van der Waals surface area contributed by atoms with Crippen molar-refractivity contribution in [1.29, 1.82) is 0 Å². The lowest BCUT2D eigenvalue weighted by atomic mass is 10.0. The molecule has 9 nitrogen and oxygen atoms in total. The summed E-state index contributed by atoms with van der Waals surface area (Å²) in [7, 11) is 0. The molecule has 3 N–H and O–H groups in total. The molecular weight excluding hydrogens is 358 g/mol. The Kier molecular flexibility index (Phi) is 4.38. The van der Waals surface area contributed by atoms with Crippen molar-refractivity contribution in [2.24, 2.45) is 5.73 Å². The molecule has 3 aromatic rings. The van der Waals surface area contributed by atoms with Gasteiger partial charge in [-0.15, -0.1) is 0 Å². The third kappa shape index (κ3) is 3.03. The van der Waals surface area contributed by atoms with Crippen LogP contribution in [0.5, 0.6) is 0 Å². The van der Waals surface area contributed by atoms with Gasteiger partial charge in [-0.1, -0.05) is 18.2 Å². The fourth-order valence-electron chi connectivity index (χ4n) is 3.45. The van der Waals surface area contributed by atoms with Gasteiger partial charge in [0, 0.05) is 26.2 Å². The predicted octanol–water partition coefficient (Wildman–Crippen LogP) is 0.495. The molecule has 0 atom stereocenters. The van der Waals surface area contributed by atoms with Crippen LogP contribution in [0.4, 0.5) is 5.95 Å². The third-order valence-electron chi connectivity index (χ3n) is 5.40. The molecule has 4 rings (SSSR count). The summed E-state index contributed by atoms with van der Waals surface area (Å²) >= 11 is 0. The van der Waals surface area contributed by atoms with Crippen LogP contribution in [0, 0.1) is 0 Å². The minimum atomic E-state index is -0.706. The van der Waals surface area contributed by atoms with Crippen LogP contribution >= 0.6 is 0 Å². The number of anilines is 1. The van der Waals surface area contributed by atoms with Crippen molar-refractivity contribution in [1.82, 2.24) is 24.6 Å². The molecule has 0 saturated carbocycles. The van der Waals surface area contributed by atoms with E-state index >= 15 is 0 Å². The van der Waals surface area contributed by atoms with Gasteiger partial charge in [-0.3, -0.25) is 19.5 Å². The first kappa shape index (κ1) is 18.2. The summed E-state index contributed by atoms with van der Waals surface area (Å²) < 4.78 is 1.67. The second-order valence-corrected chi connectivity index (χ2v) is 7.42. The fraction of sp³-hybridized carbons (Fsp3) is 0.368. The molecule has 1 aromatic carbocycles. The lowest BCUT2D eigenvalue weighted by Crippen LogP contribution is -2.60. The van der Waals surface area contributed by atoms with Gasteiger partial charge in [0.15, 0.2) is 5.65 Å². The van der Waals surface area contributed by atoms with Crippen molar-refractivity contribution in [3.05, 3.63) is 46.9 Å². The number of carbonyl (C=O) groups excluding carboxylic acids is 1. The van der Waals surface area contributed by atoms with E-state index in [0.29, 0.717) is 43.2 Å². The summed E-state index contributed by atoms with van der Waals surface area (Å²) in [5, 5.41) is 4.78. The van der Waals surface area contributed by atoms with Gasteiger partial charge >= 0.3 is 0 Å². The minimum absolute atomic E-state index is 0.220. The molecule has 0 unspecified atom stereocenters. The first-order valence-corrected chi connectivity index (χ1v) is 9.21. The van der Waals surface area contributed by atoms with E-state index in [2.05, 4.69) is 20.0 Å². The zero-order valence-electron chi connectivity index (χ0n) is 15.9. The summed E-state index contributed by atoms with van der Waals surface area (Å²) in [6.45, 7) is 6.21. The molecule has 146 valence electrons. The van der Waals surface area contributed by atoms with Crippen LogP contribution in [-0.4, -0.2) is 62.3 Å². The highest BCUT2D eigenvalue weighted by Gasteiger charge is 2.35. The number of aromatic amines is 1. The van der Waals surface area contributed by atoms with Gasteiger partial charge in [-0.25, -0.2) is 4.68 Å². The first-order chi connectivity index (χ1) is 13.4. The third-order valence-corrected chi connectivity index (χ3v) is 5.40. The van der Waals surface area contributed by atoms with Gasteiger partial charge in [0.25, 0.3) is 5.56 Å². The highest BCUT2D eigenvalue weighted by Crippen LogP contribution is 2.20. The van der Waals surface area contributed by atoms with Crippen molar-refractivity contribution in [2.45, 2.75) is 19.4 Å². The fourth-order valence-corrected chi connectivity index (χ4v) is 3.45. The number of fused-ring (bicyclic) bond motifs is 1. The number of hydrogen-bond acceptors (Lipinski definition) is 6. The van der Waals surface area contributed by atoms with Gasteiger partial charge in [0.1, 0.15) is 5.39 Å². The zero-order valence-corrected chi connectivity index (χ0v) is 15.9. The van der Waals surface area contributed by atoms with Gasteiger partial charge in [-0.2, -0.15) is 10.1 Å². The van der Waals surface area contributed by atoms with E-state index in [1.165, 1.54) is 6.20 Å². The van der Waals surface area contributed by atoms with Gasteiger partial charge in [0.2, 0.25) is 11.9 Å². The number of benzene rings is 1. The number of H-pyrrole nitrogens is 1. The maximum atomic E-state index is 12.6. The van der Waals surface area contributed by atoms with Crippen molar-refractivity contribution in [3.8, 4) is 5.69 Å². The molecule has 1 amide bonds. The summed E-state index contributed by atoms with van der Waals surface area (Å²) in [4.78, 5) is 35.9. The Balaban J connectivity index is 1.64. The van der Waals surface area contributed by atoms with Crippen molar-refractivity contribution >= 4 is 22.9 Å². The Morgan fingerprint density at radius 1 is 1.14 bits per heavy atom. The maximum absolute atomic E-state index is 12.6. The average Bonchev–Trinajstić information content (AvgIpc) is 3.13. The Labute approximate surface area is 161 Å². The number of hydrogen-bond donors (Lipinski definition) is 2. The quantitative estimate of drug-likeness (QED) is 0.680. The minimum Gasteiger partial charge on any atom is -0.368 e. The zero-order chi connectivity index (χ0) is 19.9. The van der Waals surface area contributed by atoms with E-state index in [9.17, 15) is 9.59 Å². The number of carbonyl (C=O) groups is 1. The molecule has 0 spiro atoms. The van der Waals surface area contributed by atoms with Crippen molar-refractivity contribution in [2.75, 3.05) is 31.1 Å². The molecule has 1 aliphatic rings. The normalized spacial score (nSPS) is 15.9. The van der Waals surface area contributed by atoms with E-state index in [1.54, 1.807) is 4.68 Å². The Morgan fingerprint density at radius 2 is 1.82 bits per heavy atom. The number of amides is 1. The number of primary amides is 1. The summed E-state index contributed by atoms with van der Waals surface area (Å²) in [6.07, 6.45) is 1.53. The molecule has 1 saturated heterocycles. The van der Waals surface area contributed by atoms with E-state index in [1.807, 2.05) is 49.1 Å². The van der Waals surface area contributed by atoms with E-state index in [4.69, 9.17) is 5.73 Å². The van der Waals surface area contributed by atoms with Crippen LogP contribution in [0.25, 0.3) is 16.7 Å². The highest BCUT2D eigenvalue weighted by atomic mass is 16.1. The lowest BCUT2D eigenvalue weighted by Gasteiger charge is -2.42. The monoisotopic (exact) mass is 381 g/mol. The predicted molar refractivity (Wildman–Crippen MR) is 107 cm³/mol. The molecule has 3 heterocycles. The van der Waals surface area contributed by atoms with Crippen LogP contribution in [0.1, 0.15) is 13.8 Å². The number of rotatable bonds is 4. The standard InChI is InChI=1S/C19H23N7O2/c1-19(2,17(20)28)25-10-8-24(9-11-25)18-22-15-14(16(27)23-18)12-21-26(15)13-6-4-3-5-7-13/h3-7,12H,8-11H2,1-2H3,(H2,20,28)(H,22,23,27). The van der Waals surface area contributed by atoms with E-state index < -0.39 is 5.54 Å². The topological polar surface area (TPSA) is 113 Å². The largest absolute Gasteiger partial charge is 0.368 e. The Morgan fingerprint density at radius 3 is 2.46 bits per heavy atom. The average molecular weight is 381 g/mol. The van der Waals surface area contributed by atoms with Crippen LogP contribution in [-0.2, 0) is 4.79 Å². The summed E-state index contributed by atoms with van der Waals surface area (Å²) in [5.41, 5.74) is 5.96. The van der Waals surface area contributed by atoms with Gasteiger partial charge < -0.3 is 10.6 Å². The second kappa shape index (κ2) is 6.75. The van der Waals surface area contributed by atoms with Crippen LogP contribution in [0.3, 0.4) is 0 Å². The molecule has 0 aliphatic carbocycles. The molecule has 0 radical (unpaired) electrons. The number of nitrogens with zero attached hydrogens (tertiary/aromatic N) is 5.